The second-order valence-electron chi connectivity index (χ2n) is 1.71. The zero-order chi connectivity index (χ0) is 6.73. The molecule has 0 N–H and O–H groups in total. The van der Waals surface area contributed by atoms with Gasteiger partial charge < -0.3 is 0 Å². The van der Waals surface area contributed by atoms with E-state index >= 15 is 0 Å². The van der Waals surface area contributed by atoms with Gasteiger partial charge in [0.1, 0.15) is 0 Å². The molecule has 0 amide bonds. The smallest absolute Gasteiger partial charge is 0.183 e. The predicted molar refractivity (Wildman–Crippen MR) is 34.3 cm³/mol. The average molecular weight is 109 g/mol. The van der Waals surface area contributed by atoms with Crippen molar-refractivity contribution in [1.82, 2.24) is 0 Å². The van der Waals surface area contributed by atoms with E-state index in [-0.39, 0.29) is 5.78 Å². The lowest BCUT2D eigenvalue weighted by molar-refractivity contribution is -0.111. The third kappa shape index (κ3) is 1.73. The minimum Gasteiger partial charge on any atom is -0.289 e. The number of rotatable bonds is 2. The zero-order valence-corrected chi connectivity index (χ0v) is 5.03. The normalized spacial score (nSPS) is 8.25. The minimum absolute atomic E-state index is 0.148. The monoisotopic (exact) mass is 109 g/mol. The number of ketones is 1. The van der Waals surface area contributed by atoms with Crippen LogP contribution in [0, 0.1) is 6.92 Å². The summed E-state index contributed by atoms with van der Waals surface area (Å²) in [6.45, 7) is 11.8. The summed E-state index contributed by atoms with van der Waals surface area (Å²) in [6.07, 6.45) is 0. The summed E-state index contributed by atoms with van der Waals surface area (Å²) in [6, 6.07) is 0. The number of carbonyl (C=O) groups excluding carboxylic acids is 1. The Morgan fingerprint density at radius 3 is 1.75 bits per heavy atom. The van der Waals surface area contributed by atoms with Crippen LogP contribution in [0.5, 0.6) is 0 Å². The molecule has 0 aromatic carbocycles. The first-order chi connectivity index (χ1) is 3.55. The summed E-state index contributed by atoms with van der Waals surface area (Å²) >= 11 is 0. The van der Waals surface area contributed by atoms with E-state index in [9.17, 15) is 4.79 Å². The Morgan fingerprint density at radius 2 is 1.75 bits per heavy atom. The third-order valence-electron chi connectivity index (χ3n) is 0.709. The van der Waals surface area contributed by atoms with Crippen molar-refractivity contribution < 1.29 is 4.79 Å². The molecule has 0 aliphatic rings. The maximum atomic E-state index is 10.6. The number of hydrogen-bond acceptors (Lipinski definition) is 1. The van der Waals surface area contributed by atoms with Crippen LogP contribution in [0.25, 0.3) is 0 Å². The van der Waals surface area contributed by atoms with Crippen molar-refractivity contribution >= 4 is 5.78 Å². The fourth-order valence-electron chi connectivity index (χ4n) is 0.302. The summed E-state index contributed by atoms with van der Waals surface area (Å²) in [5.41, 5.74) is 0.794. The van der Waals surface area contributed by atoms with Gasteiger partial charge in [-0.15, -0.1) is 0 Å². The van der Waals surface area contributed by atoms with E-state index in [2.05, 4.69) is 20.1 Å². The Bertz CT molecular complexity index is 126. The fraction of sp³-hybridized carbons (Fsp3) is 0.143. The van der Waals surface area contributed by atoms with Gasteiger partial charge in [0.2, 0.25) is 0 Å². The number of allylic oxidation sites excluding steroid dienone is 2. The molecule has 0 fully saturated rings. The molecule has 1 radical (unpaired) electrons. The standard InChI is InChI=1S/C7H9O/c1-5(2)7(8)6(3)4/h1-3H2,4H3. The Kier molecular flexibility index (Phi) is 2.19. The van der Waals surface area contributed by atoms with E-state index in [4.69, 9.17) is 0 Å². The van der Waals surface area contributed by atoms with Crippen molar-refractivity contribution in [2.45, 2.75) is 6.92 Å². The highest BCUT2D eigenvalue weighted by molar-refractivity contribution is 6.07. The molecule has 43 valence electrons. The van der Waals surface area contributed by atoms with Crippen molar-refractivity contribution in [2.24, 2.45) is 0 Å². The van der Waals surface area contributed by atoms with Crippen molar-refractivity contribution in [3.8, 4) is 0 Å². The van der Waals surface area contributed by atoms with Gasteiger partial charge >= 0.3 is 0 Å². The average Bonchev–Trinajstić information content (AvgIpc) is 1.64. The highest BCUT2D eigenvalue weighted by atomic mass is 16.1. The zero-order valence-electron chi connectivity index (χ0n) is 5.03. The molecule has 1 nitrogen and oxygen atoms in total. The molecule has 0 saturated carbocycles. The molecule has 0 aliphatic heterocycles. The largest absolute Gasteiger partial charge is 0.289 e. The Balaban J connectivity index is 4.05. The van der Waals surface area contributed by atoms with Crippen LogP contribution in [-0.4, -0.2) is 5.78 Å². The topological polar surface area (TPSA) is 17.1 Å². The summed E-state index contributed by atoms with van der Waals surface area (Å²) < 4.78 is 0. The summed E-state index contributed by atoms with van der Waals surface area (Å²) in [5.74, 6) is -0.148. The maximum Gasteiger partial charge on any atom is 0.183 e. The van der Waals surface area contributed by atoms with Crippen LogP contribution >= 0.6 is 0 Å². The first-order valence-corrected chi connectivity index (χ1v) is 2.26. The fourth-order valence-corrected chi connectivity index (χ4v) is 0.302. The van der Waals surface area contributed by atoms with Gasteiger partial charge in [-0.25, -0.2) is 0 Å². The van der Waals surface area contributed by atoms with E-state index in [1.165, 1.54) is 0 Å². The van der Waals surface area contributed by atoms with Gasteiger partial charge in [-0.05, 0) is 25.0 Å². The lowest BCUT2D eigenvalue weighted by Gasteiger charge is -1.92. The molecule has 1 heteroatoms. The Labute approximate surface area is 49.7 Å². The first-order valence-electron chi connectivity index (χ1n) is 2.26. The van der Waals surface area contributed by atoms with Crippen LogP contribution in [-0.2, 0) is 4.79 Å². The second kappa shape index (κ2) is 2.46. The molecule has 0 bridgehead atoms. The molecule has 0 aromatic rings. The van der Waals surface area contributed by atoms with Crippen molar-refractivity contribution in [2.75, 3.05) is 0 Å². The van der Waals surface area contributed by atoms with Crippen LogP contribution in [0.15, 0.2) is 24.3 Å². The molecule has 0 saturated heterocycles. The second-order valence-corrected chi connectivity index (χ2v) is 1.71. The van der Waals surface area contributed by atoms with Gasteiger partial charge in [0.15, 0.2) is 5.78 Å². The number of carbonyl (C=O) groups is 1. The van der Waals surface area contributed by atoms with Gasteiger partial charge in [-0.1, -0.05) is 13.2 Å². The summed E-state index contributed by atoms with van der Waals surface area (Å²) in [7, 11) is 0. The van der Waals surface area contributed by atoms with Crippen LogP contribution in [0.4, 0.5) is 0 Å². The van der Waals surface area contributed by atoms with Crippen molar-refractivity contribution in [3.63, 3.8) is 0 Å². The van der Waals surface area contributed by atoms with Gasteiger partial charge in [-0.2, -0.15) is 0 Å². The quantitative estimate of drug-likeness (QED) is 0.491. The van der Waals surface area contributed by atoms with Gasteiger partial charge in [0.25, 0.3) is 0 Å². The third-order valence-corrected chi connectivity index (χ3v) is 0.709. The van der Waals surface area contributed by atoms with Crippen LogP contribution in [0.1, 0.15) is 6.92 Å². The van der Waals surface area contributed by atoms with Gasteiger partial charge in [-0.3, -0.25) is 4.79 Å². The van der Waals surface area contributed by atoms with Crippen LogP contribution in [0.2, 0.25) is 0 Å². The van der Waals surface area contributed by atoms with E-state index < -0.39 is 0 Å². The van der Waals surface area contributed by atoms with E-state index in [1.807, 2.05) is 0 Å². The Morgan fingerprint density at radius 1 is 1.38 bits per heavy atom. The summed E-state index contributed by atoms with van der Waals surface area (Å²) in [5, 5.41) is 0. The summed E-state index contributed by atoms with van der Waals surface area (Å²) in [4.78, 5) is 10.6. The van der Waals surface area contributed by atoms with E-state index in [0.717, 1.165) is 0 Å². The SMILES string of the molecule is [CH2]C(=C)C(=O)C(=C)C. The van der Waals surface area contributed by atoms with Crippen molar-refractivity contribution in [3.05, 3.63) is 31.2 Å². The highest BCUT2D eigenvalue weighted by Crippen LogP contribution is 1.97. The highest BCUT2D eigenvalue weighted by Gasteiger charge is 1.99. The molecule has 0 unspecified atom stereocenters. The number of hydrogen-bond donors (Lipinski definition) is 0. The molecule has 0 atom stereocenters. The van der Waals surface area contributed by atoms with Crippen LogP contribution in [0.3, 0.4) is 0 Å². The minimum atomic E-state index is -0.148. The molecule has 0 rings (SSSR count). The lowest BCUT2D eigenvalue weighted by Crippen LogP contribution is -1.97. The van der Waals surface area contributed by atoms with Crippen molar-refractivity contribution in [1.29, 1.82) is 0 Å². The maximum absolute atomic E-state index is 10.6. The molecule has 0 spiro atoms. The lowest BCUT2D eigenvalue weighted by atomic mass is 10.1. The van der Waals surface area contributed by atoms with E-state index in [1.54, 1.807) is 6.92 Å². The Hall–Kier alpha value is -0.850. The first kappa shape index (κ1) is 7.15. The van der Waals surface area contributed by atoms with Gasteiger partial charge in [0.05, 0.1) is 0 Å². The number of Topliss-reactive ketones (excluding diaryl/α,β-unsaturated/α-hetero) is 1. The van der Waals surface area contributed by atoms with Gasteiger partial charge in [0, 0.05) is 0 Å². The molecular formula is C7H9O. The van der Waals surface area contributed by atoms with Crippen LogP contribution < -0.4 is 0 Å². The molecule has 0 aromatic heterocycles. The molecule has 0 heterocycles. The molecule has 0 aliphatic carbocycles. The predicted octanol–water partition coefficient (Wildman–Crippen LogP) is 1.52. The molecular weight excluding hydrogens is 100 g/mol. The molecule has 8 heavy (non-hydrogen) atoms. The van der Waals surface area contributed by atoms with E-state index in [0.29, 0.717) is 11.1 Å².